The molecule has 2 atom stereocenters. The lowest BCUT2D eigenvalue weighted by atomic mass is 9.84. The predicted octanol–water partition coefficient (Wildman–Crippen LogP) is 8.64. The first kappa shape index (κ1) is 26.2. The second-order valence-corrected chi connectivity index (χ2v) is 11.0. The van der Waals surface area contributed by atoms with Gasteiger partial charge in [0.2, 0.25) is 0 Å². The Kier molecular flexibility index (Phi) is 9.14. The molecule has 0 aromatic heterocycles. The molecular weight excluding hydrogens is 526 g/mol. The highest BCUT2D eigenvalue weighted by atomic mass is 35.5. The third-order valence-electron chi connectivity index (χ3n) is 6.86. The number of benzene rings is 3. The molecule has 3 aromatic rings. The zero-order chi connectivity index (χ0) is 24.2. The van der Waals surface area contributed by atoms with Crippen molar-refractivity contribution in [3.63, 3.8) is 0 Å². The summed E-state index contributed by atoms with van der Waals surface area (Å²) in [6.45, 7) is 3.07. The van der Waals surface area contributed by atoms with Crippen molar-refractivity contribution < 1.29 is 0 Å². The molecule has 0 aliphatic carbocycles. The van der Waals surface area contributed by atoms with Gasteiger partial charge in [-0.2, -0.15) is 0 Å². The lowest BCUT2D eigenvalue weighted by Crippen LogP contribution is -2.35. The Morgan fingerprint density at radius 1 is 0.882 bits per heavy atom. The molecule has 1 aliphatic rings. The fourth-order valence-electron chi connectivity index (χ4n) is 4.91. The summed E-state index contributed by atoms with van der Waals surface area (Å²) in [4.78, 5) is 3.26. The fourth-order valence-corrected chi connectivity index (χ4v) is 6.07. The molecule has 0 radical (unpaired) electrons. The Labute approximate surface area is 227 Å². The number of halogens is 4. The van der Waals surface area contributed by atoms with Crippen LogP contribution in [0, 0.1) is 0 Å². The highest BCUT2D eigenvalue weighted by Gasteiger charge is 2.28. The monoisotopic (exact) mass is 552 g/mol. The Morgan fingerprint density at radius 3 is 2.24 bits per heavy atom. The second kappa shape index (κ2) is 11.9. The molecule has 1 fully saturated rings. The van der Waals surface area contributed by atoms with Crippen LogP contribution in [0.25, 0.3) is 0 Å². The van der Waals surface area contributed by atoms with E-state index in [0.717, 1.165) is 54.9 Å². The minimum absolute atomic E-state index is 0.0246. The van der Waals surface area contributed by atoms with Gasteiger partial charge in [0, 0.05) is 22.4 Å². The van der Waals surface area contributed by atoms with E-state index in [4.69, 9.17) is 52.1 Å². The van der Waals surface area contributed by atoms with Crippen LogP contribution in [0.2, 0.25) is 20.1 Å². The number of rotatable bonds is 7. The van der Waals surface area contributed by atoms with Gasteiger partial charge in [-0.3, -0.25) is 0 Å². The molecule has 2 unspecified atom stereocenters. The highest BCUT2D eigenvalue weighted by Crippen LogP contribution is 2.42. The Morgan fingerprint density at radius 2 is 1.56 bits per heavy atom. The standard InChI is InChI=1S/C27H28Cl4N2S/c28-21-7-6-19(16-23(21)30)20(27(32)25-24(34)9-8-22(29)26(25)31)12-15-33-13-10-18(11-14-33)17-4-2-1-3-5-17/h1-9,16,18,20,27,34H,10-15,32H2. The molecule has 2 N–H and O–H groups in total. The maximum Gasteiger partial charge on any atom is 0.0651 e. The van der Waals surface area contributed by atoms with Crippen molar-refractivity contribution >= 4 is 59.0 Å². The second-order valence-electron chi connectivity index (χ2n) is 8.92. The van der Waals surface area contributed by atoms with Crippen molar-refractivity contribution in [1.29, 1.82) is 0 Å². The van der Waals surface area contributed by atoms with E-state index in [1.165, 1.54) is 5.56 Å². The number of hydrogen-bond donors (Lipinski definition) is 2. The van der Waals surface area contributed by atoms with E-state index in [1.54, 1.807) is 6.07 Å². The van der Waals surface area contributed by atoms with Crippen molar-refractivity contribution in [3.8, 4) is 0 Å². The van der Waals surface area contributed by atoms with E-state index in [1.807, 2.05) is 24.3 Å². The van der Waals surface area contributed by atoms with Gasteiger partial charge in [-0.15, -0.1) is 12.6 Å². The lowest BCUT2D eigenvalue weighted by molar-refractivity contribution is 0.202. The van der Waals surface area contributed by atoms with Crippen molar-refractivity contribution in [2.24, 2.45) is 5.73 Å². The number of hydrogen-bond acceptors (Lipinski definition) is 3. The summed E-state index contributed by atoms with van der Waals surface area (Å²) in [5.41, 5.74) is 10.1. The molecule has 180 valence electrons. The SMILES string of the molecule is NC(c1c(S)ccc(Cl)c1Cl)C(CCN1CCC(c2ccccc2)CC1)c1ccc(Cl)c(Cl)c1. The smallest absolute Gasteiger partial charge is 0.0651 e. The van der Waals surface area contributed by atoms with E-state index < -0.39 is 6.04 Å². The molecule has 0 spiro atoms. The quantitative estimate of drug-likeness (QED) is 0.286. The summed E-state index contributed by atoms with van der Waals surface area (Å²) in [5, 5.41) is 1.97. The number of nitrogens with two attached hydrogens (primary N) is 1. The molecule has 2 nitrogen and oxygen atoms in total. The zero-order valence-corrected chi connectivity index (χ0v) is 22.6. The summed E-state index contributed by atoms with van der Waals surface area (Å²) < 4.78 is 0. The molecule has 3 aromatic carbocycles. The molecule has 4 rings (SSSR count). The van der Waals surface area contributed by atoms with Crippen molar-refractivity contribution in [1.82, 2.24) is 4.90 Å². The van der Waals surface area contributed by atoms with Crippen LogP contribution < -0.4 is 5.73 Å². The van der Waals surface area contributed by atoms with Crippen LogP contribution in [0.5, 0.6) is 0 Å². The van der Waals surface area contributed by atoms with E-state index in [2.05, 4.69) is 47.9 Å². The van der Waals surface area contributed by atoms with Crippen LogP contribution >= 0.6 is 59.0 Å². The van der Waals surface area contributed by atoms with Crippen LogP contribution in [0.15, 0.2) is 65.6 Å². The van der Waals surface area contributed by atoms with E-state index in [0.29, 0.717) is 26.0 Å². The van der Waals surface area contributed by atoms with E-state index in [-0.39, 0.29) is 5.92 Å². The van der Waals surface area contributed by atoms with Gasteiger partial charge in [-0.25, -0.2) is 0 Å². The van der Waals surface area contributed by atoms with E-state index in [9.17, 15) is 0 Å². The topological polar surface area (TPSA) is 29.3 Å². The van der Waals surface area contributed by atoms with Gasteiger partial charge in [0.25, 0.3) is 0 Å². The molecular formula is C27H28Cl4N2S. The van der Waals surface area contributed by atoms with Gasteiger partial charge >= 0.3 is 0 Å². The zero-order valence-electron chi connectivity index (χ0n) is 18.7. The van der Waals surface area contributed by atoms with Gasteiger partial charge in [-0.1, -0.05) is 82.8 Å². The third-order valence-corrected chi connectivity index (χ3v) is 8.81. The van der Waals surface area contributed by atoms with Crippen molar-refractivity contribution in [3.05, 3.63) is 97.4 Å². The molecule has 1 aliphatic heterocycles. The number of thiol groups is 1. The molecule has 0 saturated carbocycles. The van der Waals surface area contributed by atoms with Crippen LogP contribution in [0.1, 0.15) is 53.8 Å². The predicted molar refractivity (Wildman–Crippen MR) is 149 cm³/mol. The van der Waals surface area contributed by atoms with Crippen LogP contribution in [-0.4, -0.2) is 24.5 Å². The number of piperidine rings is 1. The fraction of sp³-hybridized carbons (Fsp3) is 0.333. The minimum Gasteiger partial charge on any atom is -0.323 e. The van der Waals surface area contributed by atoms with E-state index >= 15 is 0 Å². The maximum atomic E-state index is 6.86. The first-order chi connectivity index (χ1) is 16.3. The summed E-state index contributed by atoms with van der Waals surface area (Å²) in [7, 11) is 0. The third kappa shape index (κ3) is 6.07. The van der Waals surface area contributed by atoms with Crippen LogP contribution in [0.3, 0.4) is 0 Å². The summed E-state index contributed by atoms with van der Waals surface area (Å²) in [6, 6.07) is 19.7. The highest BCUT2D eigenvalue weighted by molar-refractivity contribution is 7.80. The Bertz CT molecular complexity index is 1120. The number of likely N-dealkylation sites (tertiary alicyclic amines) is 1. The van der Waals surface area contributed by atoms with Gasteiger partial charge in [0.15, 0.2) is 0 Å². The van der Waals surface area contributed by atoms with Gasteiger partial charge in [-0.05, 0) is 80.2 Å². The molecule has 34 heavy (non-hydrogen) atoms. The van der Waals surface area contributed by atoms with Crippen LogP contribution in [0.4, 0.5) is 0 Å². The Hall–Kier alpha value is -0.910. The summed E-state index contributed by atoms with van der Waals surface area (Å²) in [6.07, 6.45) is 3.17. The number of nitrogens with zero attached hydrogens (tertiary/aromatic N) is 1. The summed E-state index contributed by atoms with van der Waals surface area (Å²) in [5.74, 6) is 0.603. The average molecular weight is 554 g/mol. The maximum absolute atomic E-state index is 6.86. The normalized spacial score (nSPS) is 17.0. The van der Waals surface area contributed by atoms with Crippen LogP contribution in [-0.2, 0) is 0 Å². The molecule has 1 saturated heterocycles. The molecule has 0 amide bonds. The average Bonchev–Trinajstić information content (AvgIpc) is 2.85. The summed E-state index contributed by atoms with van der Waals surface area (Å²) >= 11 is 30.1. The van der Waals surface area contributed by atoms with Gasteiger partial charge in [0.05, 0.1) is 20.1 Å². The first-order valence-corrected chi connectivity index (χ1v) is 13.5. The van der Waals surface area contributed by atoms with Gasteiger partial charge < -0.3 is 10.6 Å². The van der Waals surface area contributed by atoms with Gasteiger partial charge in [0.1, 0.15) is 0 Å². The molecule has 1 heterocycles. The van der Waals surface area contributed by atoms with Crippen molar-refractivity contribution in [2.45, 2.75) is 42.0 Å². The minimum atomic E-state index is -0.391. The lowest BCUT2D eigenvalue weighted by Gasteiger charge is -2.34. The first-order valence-electron chi connectivity index (χ1n) is 11.5. The van der Waals surface area contributed by atoms with Crippen molar-refractivity contribution in [2.75, 3.05) is 19.6 Å². The molecule has 0 bridgehead atoms. The largest absolute Gasteiger partial charge is 0.323 e. The molecule has 7 heteroatoms. The Balaban J connectivity index is 1.51.